The van der Waals surface area contributed by atoms with Gasteiger partial charge in [-0.25, -0.2) is 4.98 Å². The third-order valence-corrected chi connectivity index (χ3v) is 5.28. The fourth-order valence-corrected chi connectivity index (χ4v) is 3.47. The zero-order chi connectivity index (χ0) is 27.1. The van der Waals surface area contributed by atoms with Gasteiger partial charge in [-0.05, 0) is 37.4 Å². The van der Waals surface area contributed by atoms with Crippen LogP contribution in [0.25, 0.3) is 10.9 Å². The van der Waals surface area contributed by atoms with Crippen molar-refractivity contribution in [3.63, 3.8) is 0 Å². The zero-order valence-electron chi connectivity index (χ0n) is 20.2. The van der Waals surface area contributed by atoms with E-state index in [1.165, 1.54) is 10.7 Å². The molecule has 0 aliphatic rings. The van der Waals surface area contributed by atoms with Crippen molar-refractivity contribution in [3.8, 4) is 5.75 Å². The molecule has 3 heterocycles. The van der Waals surface area contributed by atoms with E-state index in [0.29, 0.717) is 29.7 Å². The van der Waals surface area contributed by atoms with Gasteiger partial charge in [0.15, 0.2) is 0 Å². The number of pyridine rings is 2. The van der Waals surface area contributed by atoms with Crippen molar-refractivity contribution in [2.45, 2.75) is 19.3 Å². The molecule has 0 aliphatic carbocycles. The number of likely N-dealkylation sites (N-methyl/N-ethyl adjacent to an activating group) is 1. The lowest BCUT2D eigenvalue weighted by atomic mass is 10.2. The third-order valence-electron chi connectivity index (χ3n) is 5.28. The molecule has 13 heteroatoms. The minimum atomic E-state index is -4.69. The van der Waals surface area contributed by atoms with E-state index in [-0.39, 0.29) is 30.5 Å². The molecule has 0 radical (unpaired) electrons. The number of aromatic nitrogens is 4. The van der Waals surface area contributed by atoms with Crippen molar-refractivity contribution < 1.29 is 27.5 Å². The fourth-order valence-electron chi connectivity index (χ4n) is 3.47. The Morgan fingerprint density at radius 3 is 2.66 bits per heavy atom. The van der Waals surface area contributed by atoms with Gasteiger partial charge in [0.25, 0.3) is 5.91 Å². The van der Waals surface area contributed by atoms with Crippen molar-refractivity contribution in [3.05, 3.63) is 78.0 Å². The lowest BCUT2D eigenvalue weighted by molar-refractivity contribution is -0.141. The average Bonchev–Trinajstić information content (AvgIpc) is 3.28. The molecule has 0 spiro atoms. The first kappa shape index (κ1) is 26.5. The van der Waals surface area contributed by atoms with E-state index in [9.17, 15) is 22.8 Å². The number of carbonyl (C=O) groups is 2. The Labute approximate surface area is 215 Å². The Morgan fingerprint density at radius 2 is 1.92 bits per heavy atom. The summed E-state index contributed by atoms with van der Waals surface area (Å²) < 4.78 is 46.6. The van der Waals surface area contributed by atoms with Crippen LogP contribution in [0.1, 0.15) is 21.9 Å². The number of rotatable bonds is 10. The molecule has 38 heavy (non-hydrogen) atoms. The summed E-state index contributed by atoms with van der Waals surface area (Å²) in [7, 11) is 1.78. The molecule has 3 aromatic heterocycles. The summed E-state index contributed by atoms with van der Waals surface area (Å²) in [5.41, 5.74) is -0.297. The molecule has 2 amide bonds. The zero-order valence-corrected chi connectivity index (χ0v) is 20.2. The summed E-state index contributed by atoms with van der Waals surface area (Å²) in [6.07, 6.45) is -1.47. The number of halogens is 3. The van der Waals surface area contributed by atoms with E-state index >= 15 is 0 Å². The van der Waals surface area contributed by atoms with Crippen molar-refractivity contribution in [1.82, 2.24) is 30.4 Å². The Morgan fingerprint density at radius 1 is 1.08 bits per heavy atom. The molecule has 0 aliphatic heterocycles. The molecule has 0 atom stereocenters. The highest BCUT2D eigenvalue weighted by Crippen LogP contribution is 2.32. The molecular weight excluding hydrogens is 503 g/mol. The molecule has 4 aromatic rings. The molecule has 10 nitrogen and oxygen atoms in total. The number of hydrogen-bond donors (Lipinski definition) is 3. The van der Waals surface area contributed by atoms with Gasteiger partial charge < -0.3 is 20.7 Å². The van der Waals surface area contributed by atoms with Crippen LogP contribution in [-0.4, -0.2) is 51.7 Å². The monoisotopic (exact) mass is 527 g/mol. The Balaban J connectivity index is 1.61. The number of carbonyl (C=O) groups excluding carboxylic acids is 2. The number of ether oxygens (including phenoxy) is 1. The summed E-state index contributed by atoms with van der Waals surface area (Å²) in [5, 5.41) is 13.3. The van der Waals surface area contributed by atoms with Crippen LogP contribution in [0.5, 0.6) is 5.75 Å². The number of nitrogens with one attached hydrogen (secondary N) is 3. The molecule has 0 bridgehead atoms. The van der Waals surface area contributed by atoms with Gasteiger partial charge in [-0.1, -0.05) is 12.1 Å². The maximum Gasteiger partial charge on any atom is 0.433 e. The molecule has 0 saturated carbocycles. The second kappa shape index (κ2) is 11.7. The maximum absolute atomic E-state index is 13.1. The van der Waals surface area contributed by atoms with Crippen LogP contribution in [0.3, 0.4) is 0 Å². The minimum Gasteiger partial charge on any atom is -0.485 e. The minimum absolute atomic E-state index is 0.0294. The van der Waals surface area contributed by atoms with Crippen LogP contribution in [0.4, 0.5) is 18.9 Å². The van der Waals surface area contributed by atoms with E-state index in [0.717, 1.165) is 12.1 Å². The maximum atomic E-state index is 13.1. The van der Waals surface area contributed by atoms with Gasteiger partial charge in [-0.2, -0.15) is 18.3 Å². The quantitative estimate of drug-likeness (QED) is 0.271. The number of fused-ring (bicyclic) bond motifs is 1. The summed E-state index contributed by atoms with van der Waals surface area (Å²) in [6.45, 7) is 1.11. The first-order chi connectivity index (χ1) is 18.2. The fraction of sp³-hybridized carbons (Fsp3) is 0.240. The van der Waals surface area contributed by atoms with Gasteiger partial charge in [0, 0.05) is 36.9 Å². The summed E-state index contributed by atoms with van der Waals surface area (Å²) in [6, 6.07) is 11.5. The summed E-state index contributed by atoms with van der Waals surface area (Å²) in [5.74, 6) is -0.870. The Bertz CT molecular complexity index is 1420. The van der Waals surface area contributed by atoms with Crippen molar-refractivity contribution in [1.29, 1.82) is 0 Å². The van der Waals surface area contributed by atoms with E-state index in [1.54, 1.807) is 49.8 Å². The van der Waals surface area contributed by atoms with Crippen LogP contribution in [0, 0.1) is 0 Å². The molecule has 0 fully saturated rings. The van der Waals surface area contributed by atoms with E-state index in [2.05, 4.69) is 31.0 Å². The highest BCUT2D eigenvalue weighted by atomic mass is 19.4. The van der Waals surface area contributed by atoms with Crippen molar-refractivity contribution in [2.24, 2.45) is 0 Å². The normalized spacial score (nSPS) is 11.4. The SMILES string of the molecule is CNCCNC(=O)Cn1cc2cc(NC(=O)c3cccc(C(F)(F)F)n3)c(OCc3ccccn3)cc2n1. The number of hydrogen-bond acceptors (Lipinski definition) is 7. The number of alkyl halides is 3. The summed E-state index contributed by atoms with van der Waals surface area (Å²) >= 11 is 0. The van der Waals surface area contributed by atoms with Crippen LogP contribution in [0.15, 0.2) is 60.9 Å². The molecule has 0 unspecified atom stereocenters. The van der Waals surface area contributed by atoms with Crippen LogP contribution in [-0.2, 0) is 24.1 Å². The number of anilines is 1. The first-order valence-electron chi connectivity index (χ1n) is 11.5. The number of benzene rings is 1. The lowest BCUT2D eigenvalue weighted by Crippen LogP contribution is -2.33. The second-order valence-electron chi connectivity index (χ2n) is 8.16. The molecule has 0 saturated heterocycles. The van der Waals surface area contributed by atoms with Crippen molar-refractivity contribution >= 4 is 28.4 Å². The van der Waals surface area contributed by atoms with Crippen LogP contribution in [0.2, 0.25) is 0 Å². The van der Waals surface area contributed by atoms with Crippen LogP contribution >= 0.6 is 0 Å². The molecule has 1 aromatic carbocycles. The smallest absolute Gasteiger partial charge is 0.433 e. The predicted molar refractivity (Wildman–Crippen MR) is 132 cm³/mol. The van der Waals surface area contributed by atoms with Crippen molar-refractivity contribution in [2.75, 3.05) is 25.5 Å². The van der Waals surface area contributed by atoms with Gasteiger partial charge >= 0.3 is 6.18 Å². The largest absolute Gasteiger partial charge is 0.485 e. The topological polar surface area (TPSA) is 123 Å². The van der Waals surface area contributed by atoms with Gasteiger partial charge in [-0.15, -0.1) is 0 Å². The van der Waals surface area contributed by atoms with Gasteiger partial charge in [-0.3, -0.25) is 19.3 Å². The van der Waals surface area contributed by atoms with E-state index in [4.69, 9.17) is 4.74 Å². The second-order valence-corrected chi connectivity index (χ2v) is 8.16. The van der Waals surface area contributed by atoms with Gasteiger partial charge in [0.2, 0.25) is 5.91 Å². The standard InChI is InChI=1S/C25H24F3N7O3/c1-29-9-10-31-23(36)14-35-13-16-11-20(33-24(37)18-6-4-7-22(32-18)25(26,27)28)21(12-19(16)34-35)38-15-17-5-2-3-8-30-17/h2-8,11-13,29H,9-10,14-15H2,1H3,(H,31,36)(H,33,37). The van der Waals surface area contributed by atoms with E-state index < -0.39 is 23.5 Å². The molecule has 198 valence electrons. The molecular formula is C25H24F3N7O3. The predicted octanol–water partition coefficient (Wildman–Crippen LogP) is 3.01. The highest BCUT2D eigenvalue weighted by Gasteiger charge is 2.33. The van der Waals surface area contributed by atoms with E-state index in [1.807, 2.05) is 0 Å². The molecule has 3 N–H and O–H groups in total. The van der Waals surface area contributed by atoms with Gasteiger partial charge in [0.05, 0.1) is 16.9 Å². The number of amides is 2. The summed E-state index contributed by atoms with van der Waals surface area (Å²) in [4.78, 5) is 32.7. The highest BCUT2D eigenvalue weighted by molar-refractivity contribution is 6.05. The Hall–Kier alpha value is -4.52. The third kappa shape index (κ3) is 6.82. The lowest BCUT2D eigenvalue weighted by Gasteiger charge is -2.13. The number of nitrogens with zero attached hydrogens (tertiary/aromatic N) is 4. The van der Waals surface area contributed by atoms with Crippen LogP contribution < -0.4 is 20.7 Å². The first-order valence-corrected chi connectivity index (χ1v) is 11.5. The Kier molecular flexibility index (Phi) is 8.16. The average molecular weight is 528 g/mol. The van der Waals surface area contributed by atoms with Gasteiger partial charge in [0.1, 0.15) is 30.3 Å². The molecule has 4 rings (SSSR count).